The average molecular weight is 1430 g/mol. The molecule has 4 aromatic heterocycles. The van der Waals surface area contributed by atoms with Crippen LogP contribution in [0.4, 0.5) is 0 Å². The number of allylic oxidation sites excluding steroid dienone is 1. The van der Waals surface area contributed by atoms with E-state index in [9.17, 15) is 79.2 Å². The van der Waals surface area contributed by atoms with Gasteiger partial charge in [0.15, 0.2) is 12.5 Å². The van der Waals surface area contributed by atoms with Crippen LogP contribution in [0.25, 0.3) is 0 Å². The van der Waals surface area contributed by atoms with E-state index in [1.165, 1.54) is 38.5 Å². The molecule has 0 aliphatic carbocycles. The van der Waals surface area contributed by atoms with Gasteiger partial charge in [-0.2, -0.15) is 0 Å². The van der Waals surface area contributed by atoms with Gasteiger partial charge in [-0.25, -0.2) is 19.2 Å². The van der Waals surface area contributed by atoms with Crippen molar-refractivity contribution in [2.24, 2.45) is 0 Å². The molecule has 4 aromatic rings. The Kier molecular flexibility index (Phi) is 29.8. The number of aliphatic hydroxyl groups excluding tert-OH is 8. The predicted octanol–water partition coefficient (Wildman–Crippen LogP) is 0.606. The number of nitrogens with zero attached hydrogens (tertiary/aromatic N) is 4. The molecule has 4 fully saturated rings. The second-order valence-electron chi connectivity index (χ2n) is 27.9. The number of hydrogen-bond acceptors (Lipinski definition) is 20. The maximum absolute atomic E-state index is 12.2. The lowest BCUT2D eigenvalue weighted by Crippen LogP contribution is -2.38. The van der Waals surface area contributed by atoms with Gasteiger partial charge >= 0.3 is 22.8 Å². The largest absolute Gasteiger partial charge is 0.388 e. The Bertz CT molecular complexity index is 3850. The van der Waals surface area contributed by atoms with E-state index in [1.807, 2.05) is 13.8 Å². The summed E-state index contributed by atoms with van der Waals surface area (Å²) in [5.41, 5.74) is -3.20. The van der Waals surface area contributed by atoms with Crippen LogP contribution in [0.2, 0.25) is 0 Å². The van der Waals surface area contributed by atoms with Crippen molar-refractivity contribution >= 4 is 52.7 Å². The number of aromatic amines is 4. The van der Waals surface area contributed by atoms with Gasteiger partial charge in [-0.3, -0.25) is 52.8 Å². The first-order chi connectivity index (χ1) is 44.5. The standard InChI is InChI=1S/C17H27N2O5P.2C16H27N2O5P.C15H25N2O5P/c1-5-6-8-19-10-11(16(22)18-17(19)23)15-14(21)13(20)12(24-15)7-9-25(2,3)4;1-5-7-18-9-10(15(21)17-16(18)22)14-13(20)12(19)11(23-14)6-8-24(2,3)4;1-5-6-10-9-18(16(22)17-14(10)21)15-13(20)12(19)11(23-15)7-8-24(2,3)4;1-5-9-8-17(15(21)16-13(9)20)14-12(19)11(18)10(22-14)6-7-23(2,3)4/h5,10,12-15,20-21H,1-2,6-9H2,3-4H3,(H,18,22,23);9,11-14,19-20H,2,5-8H2,1,3-4H3,(H,17,21,22);9,11-13,15,19-20H,2,5-8H2,1,3-4H3,(H,17,21,22);8,10-12,14,18-19H,2,5-7H2,1,3-4H3,(H,16,20,21)/t12-,13-,14-,15+;11-,12-,13-,14+;11-,12-,13-,15-;10-,11-,12-,14-/m1111/s1. The molecular weight excluding hydrogens is 1320 g/mol. The molecule has 32 heteroatoms. The van der Waals surface area contributed by atoms with Crippen molar-refractivity contribution in [3.05, 3.63) is 143 Å². The minimum Gasteiger partial charge on any atom is -0.388 e. The first kappa shape index (κ1) is 81.9. The Balaban J connectivity index is 0.000000232. The van der Waals surface area contributed by atoms with Crippen LogP contribution < -0.4 is 45.0 Å². The number of rotatable bonds is 24. The highest BCUT2D eigenvalue weighted by Crippen LogP contribution is 2.43. The molecule has 0 unspecified atom stereocenters. The first-order valence-corrected chi connectivity index (χ1v) is 44.5. The van der Waals surface area contributed by atoms with Crippen molar-refractivity contribution < 1.29 is 59.8 Å². The van der Waals surface area contributed by atoms with Crippen molar-refractivity contribution in [3.63, 3.8) is 0 Å². The van der Waals surface area contributed by atoms with Gasteiger partial charge in [-0.15, -0.1) is 59.3 Å². The molecule has 12 N–H and O–H groups in total. The van der Waals surface area contributed by atoms with E-state index in [0.29, 0.717) is 69.2 Å². The van der Waals surface area contributed by atoms with Crippen molar-refractivity contribution in [2.45, 2.75) is 190 Å². The molecule has 4 aliphatic rings. The number of aryl methyl sites for hydroxylation is 4. The maximum Gasteiger partial charge on any atom is 0.330 e. The highest BCUT2D eigenvalue weighted by Gasteiger charge is 2.48. The van der Waals surface area contributed by atoms with Gasteiger partial charge in [0.2, 0.25) is 0 Å². The minimum atomic E-state index is -1.29. The predicted molar refractivity (Wildman–Crippen MR) is 386 cm³/mol. The van der Waals surface area contributed by atoms with Gasteiger partial charge in [-0.05, 0) is 129 Å². The Hall–Kier alpha value is -4.82. The smallest absolute Gasteiger partial charge is 0.330 e. The van der Waals surface area contributed by atoms with E-state index in [2.05, 4.69) is 105 Å². The number of nitrogens with one attached hydrogen (secondary N) is 4. The monoisotopic (exact) mass is 1430 g/mol. The molecule has 16 atom stereocenters. The highest BCUT2D eigenvalue weighted by atomic mass is 31.2. The highest BCUT2D eigenvalue weighted by molar-refractivity contribution is 7.73. The lowest BCUT2D eigenvalue weighted by atomic mass is 10.0. The SMILES string of the molecule is C=CCCn1cc([C@@H]2O[C@H](CCP(=C)(C)C)[C@@H](O)[C@H]2O)c(=O)[nH]c1=O.C=P(C)(C)CC[C@H]1O[C@@H](c2cn(CCC)c(=O)[nH]c2=O)[C@H](O)[C@@H]1O.C=P(C)(C)CC[C@H]1O[C@@H](n2cc(CC)c(=O)[nH]c2=O)[C@H](O)[C@@H]1O.C=P(C)(C)CC[C@H]1O[C@@H](n2cc(CCC)c(=O)[nH]c2=O)[C@H](O)[C@@H]1O. The van der Waals surface area contributed by atoms with Crippen LogP contribution in [-0.4, -0.2) is 255 Å². The Morgan fingerprint density at radius 1 is 0.427 bits per heavy atom. The third-order valence-electron chi connectivity index (χ3n) is 16.7. The van der Waals surface area contributed by atoms with Gasteiger partial charge < -0.3 is 64.4 Å². The summed E-state index contributed by atoms with van der Waals surface area (Å²) in [4.78, 5) is 104. The summed E-state index contributed by atoms with van der Waals surface area (Å²) in [6.07, 6.45) is 17.1. The number of H-pyrrole nitrogens is 4. The Morgan fingerprint density at radius 3 is 1.08 bits per heavy atom. The van der Waals surface area contributed by atoms with Gasteiger partial charge in [0.05, 0.1) is 35.5 Å². The molecule has 0 aromatic carbocycles. The Labute approximate surface area is 558 Å². The summed E-state index contributed by atoms with van der Waals surface area (Å²) in [6.45, 7) is 21.7. The molecular formula is C64H106N8O20P4. The lowest BCUT2D eigenvalue weighted by molar-refractivity contribution is -0.0404. The molecule has 0 saturated carbocycles. The van der Waals surface area contributed by atoms with Crippen molar-refractivity contribution in [2.75, 3.05) is 78.0 Å². The van der Waals surface area contributed by atoms with E-state index < -0.39 is 170 Å². The first-order valence-electron chi connectivity index (χ1n) is 32.3. The van der Waals surface area contributed by atoms with Gasteiger partial charge in [-0.1, -0.05) is 33.3 Å². The van der Waals surface area contributed by atoms with Gasteiger partial charge in [0, 0.05) is 49.0 Å². The topological polar surface area (TPSA) is 418 Å². The fraction of sp³-hybridized carbons (Fsp3) is 0.656. The van der Waals surface area contributed by atoms with Crippen LogP contribution in [0.15, 0.2) is 75.8 Å². The number of aliphatic hydroxyl groups is 8. The van der Waals surface area contributed by atoms with Crippen LogP contribution in [0.3, 0.4) is 0 Å². The minimum absolute atomic E-state index is 0.140. The molecule has 4 saturated heterocycles. The van der Waals surface area contributed by atoms with E-state index in [1.54, 1.807) is 13.0 Å². The molecule has 542 valence electrons. The zero-order valence-corrected chi connectivity index (χ0v) is 60.9. The number of ether oxygens (including phenoxy) is 4. The fourth-order valence-electron chi connectivity index (χ4n) is 11.2. The van der Waals surface area contributed by atoms with E-state index in [4.69, 9.17) is 18.9 Å². The second-order valence-corrected chi connectivity index (χ2v) is 45.2. The summed E-state index contributed by atoms with van der Waals surface area (Å²) in [6, 6.07) is 0. The summed E-state index contributed by atoms with van der Waals surface area (Å²) in [7, 11) is 0. The molecule has 0 spiro atoms. The molecule has 8 heterocycles. The number of hydrogen-bond donors (Lipinski definition) is 12. The van der Waals surface area contributed by atoms with Crippen molar-refractivity contribution in [3.8, 4) is 0 Å². The third-order valence-corrected chi connectivity index (χ3v) is 22.6. The maximum atomic E-state index is 12.2. The molecule has 0 amide bonds. The lowest BCUT2D eigenvalue weighted by Gasteiger charge is -2.19. The zero-order valence-electron chi connectivity index (χ0n) is 57.3. The normalized spacial score (nSPS) is 27.5. The van der Waals surface area contributed by atoms with Gasteiger partial charge in [0.25, 0.3) is 22.2 Å². The van der Waals surface area contributed by atoms with Crippen LogP contribution in [-0.2, 0) is 44.9 Å². The van der Waals surface area contributed by atoms with Crippen LogP contribution in [0, 0.1) is 0 Å². The van der Waals surface area contributed by atoms with Crippen LogP contribution in [0.1, 0.15) is 113 Å². The third kappa shape index (κ3) is 22.6. The Morgan fingerprint density at radius 2 is 0.750 bits per heavy atom. The molecule has 28 nitrogen and oxygen atoms in total. The van der Waals surface area contributed by atoms with Crippen LogP contribution >= 0.6 is 27.5 Å². The second kappa shape index (κ2) is 35.0. The summed E-state index contributed by atoms with van der Waals surface area (Å²) in [5, 5.41) is 82.1. The van der Waals surface area contributed by atoms with Crippen molar-refractivity contribution in [1.82, 2.24) is 38.2 Å². The molecule has 96 heavy (non-hydrogen) atoms. The average Bonchev–Trinajstić information content (AvgIpc) is 1.62. The van der Waals surface area contributed by atoms with E-state index >= 15 is 0 Å². The molecule has 0 bridgehead atoms. The summed E-state index contributed by atoms with van der Waals surface area (Å²) >= 11 is 0. The summed E-state index contributed by atoms with van der Waals surface area (Å²) < 4.78 is 28.1. The quantitative estimate of drug-likeness (QED) is 0.0338. The number of aromatic nitrogens is 8. The van der Waals surface area contributed by atoms with Crippen molar-refractivity contribution in [1.29, 1.82) is 0 Å². The molecule has 8 rings (SSSR count). The van der Waals surface area contributed by atoms with E-state index in [0.717, 1.165) is 42.1 Å². The van der Waals surface area contributed by atoms with Gasteiger partial charge in [0.1, 0.15) is 61.0 Å². The summed E-state index contributed by atoms with van der Waals surface area (Å²) in [5.74, 6) is 0. The molecule has 0 radical (unpaired) electrons. The molecule has 4 aliphatic heterocycles. The zero-order chi connectivity index (χ0) is 72.3. The fourth-order valence-corrected chi connectivity index (χ4v) is 15.0. The van der Waals surface area contributed by atoms with E-state index in [-0.39, 0.29) is 11.1 Å². The van der Waals surface area contributed by atoms with Crippen LogP contribution in [0.5, 0.6) is 0 Å².